The summed E-state index contributed by atoms with van der Waals surface area (Å²) in [5.41, 5.74) is 2.03. The molecule has 0 aliphatic carbocycles. The van der Waals surface area contributed by atoms with Crippen LogP contribution in [0, 0.1) is 0 Å². The molecule has 0 amide bonds. The van der Waals surface area contributed by atoms with Gasteiger partial charge in [0.25, 0.3) is 0 Å². The van der Waals surface area contributed by atoms with Crippen molar-refractivity contribution in [1.29, 1.82) is 0 Å². The second kappa shape index (κ2) is 6.39. The number of aliphatic hydroxyl groups excluding tert-OH is 1. The molecule has 1 aromatic carbocycles. The molecule has 0 aliphatic heterocycles. The highest BCUT2D eigenvalue weighted by Gasteiger charge is 2.39. The summed E-state index contributed by atoms with van der Waals surface area (Å²) in [7, 11) is 0. The lowest BCUT2D eigenvalue weighted by Gasteiger charge is -2.12. The summed E-state index contributed by atoms with van der Waals surface area (Å²) in [6.07, 6.45) is -6.81. The van der Waals surface area contributed by atoms with Crippen LogP contribution in [0.5, 0.6) is 0 Å². The molecule has 2 rings (SSSR count). The summed E-state index contributed by atoms with van der Waals surface area (Å²) >= 11 is 1.64. The number of halogens is 3. The molecular weight excluding hydrogens is 287 g/mol. The number of nitrogens with two attached hydrogens (primary N) is 1. The number of rotatable bonds is 5. The highest BCUT2D eigenvalue weighted by molar-refractivity contribution is 7.13. The molecule has 0 radical (unpaired) electrons. The molecule has 0 bridgehead atoms. The molecule has 0 aliphatic rings. The smallest absolute Gasteiger partial charge is 0.379 e. The third-order valence-electron chi connectivity index (χ3n) is 2.91. The van der Waals surface area contributed by atoms with E-state index in [4.69, 9.17) is 5.11 Å². The Hall–Kier alpha value is -1.37. The Kier molecular flexibility index (Phi) is 4.80. The number of benzene rings is 1. The third kappa shape index (κ3) is 4.06. The van der Waals surface area contributed by atoms with E-state index in [9.17, 15) is 13.2 Å². The second-order valence-corrected chi connectivity index (χ2v) is 5.41. The van der Waals surface area contributed by atoms with Crippen molar-refractivity contribution in [3.8, 4) is 10.4 Å². The van der Waals surface area contributed by atoms with Crippen LogP contribution in [-0.2, 0) is 6.54 Å². The van der Waals surface area contributed by atoms with Gasteiger partial charge in [-0.15, -0.1) is 11.3 Å². The summed E-state index contributed by atoms with van der Waals surface area (Å²) < 4.78 is 36.3. The van der Waals surface area contributed by atoms with Crippen LogP contribution < -0.4 is 5.32 Å². The minimum atomic E-state index is -4.54. The van der Waals surface area contributed by atoms with E-state index in [-0.39, 0.29) is 6.54 Å². The molecule has 0 spiro atoms. The van der Waals surface area contributed by atoms with E-state index in [1.807, 2.05) is 41.8 Å². The van der Waals surface area contributed by atoms with Crippen LogP contribution in [0.2, 0.25) is 0 Å². The third-order valence-corrected chi connectivity index (χ3v) is 3.83. The van der Waals surface area contributed by atoms with Crippen LogP contribution in [0.1, 0.15) is 5.56 Å². The number of thiophene rings is 1. The van der Waals surface area contributed by atoms with Crippen molar-refractivity contribution in [3.63, 3.8) is 0 Å². The number of hydrogen-bond acceptors (Lipinski definition) is 2. The monoisotopic (exact) mass is 302 g/mol. The fourth-order valence-corrected chi connectivity index (χ4v) is 2.52. The van der Waals surface area contributed by atoms with Gasteiger partial charge in [0, 0.05) is 10.4 Å². The van der Waals surface area contributed by atoms with Crippen molar-refractivity contribution in [2.24, 2.45) is 0 Å². The summed E-state index contributed by atoms with van der Waals surface area (Å²) in [4.78, 5) is 1.16. The Morgan fingerprint density at radius 3 is 2.40 bits per heavy atom. The van der Waals surface area contributed by atoms with Crippen LogP contribution in [0.15, 0.2) is 41.8 Å². The minimum absolute atomic E-state index is 0.379. The van der Waals surface area contributed by atoms with Gasteiger partial charge in [0.2, 0.25) is 0 Å². The Morgan fingerprint density at radius 2 is 1.85 bits per heavy atom. The van der Waals surface area contributed by atoms with Gasteiger partial charge in [-0.3, -0.25) is 0 Å². The zero-order valence-corrected chi connectivity index (χ0v) is 11.4. The van der Waals surface area contributed by atoms with Crippen LogP contribution in [-0.4, -0.2) is 23.9 Å². The molecule has 0 fully saturated rings. The maximum Gasteiger partial charge on any atom is 0.419 e. The topological polar surface area (TPSA) is 36.8 Å². The molecule has 6 heteroatoms. The van der Waals surface area contributed by atoms with Crippen LogP contribution in [0.4, 0.5) is 13.2 Å². The molecule has 1 atom stereocenters. The molecule has 3 N–H and O–H groups in total. The molecule has 0 saturated carbocycles. The average molecular weight is 302 g/mol. The Bertz CT molecular complexity index is 522. The van der Waals surface area contributed by atoms with Gasteiger partial charge in [0.05, 0.1) is 0 Å². The number of quaternary nitrogens is 1. The van der Waals surface area contributed by atoms with Crippen LogP contribution >= 0.6 is 11.3 Å². The Morgan fingerprint density at radius 1 is 1.15 bits per heavy atom. The average Bonchev–Trinajstić information content (AvgIpc) is 2.92. The van der Waals surface area contributed by atoms with E-state index < -0.39 is 12.3 Å². The predicted octanol–water partition coefficient (Wildman–Crippen LogP) is 2.40. The predicted molar refractivity (Wildman–Crippen MR) is 72.3 cm³/mol. The van der Waals surface area contributed by atoms with Crippen molar-refractivity contribution >= 4 is 11.3 Å². The van der Waals surface area contributed by atoms with E-state index in [1.54, 1.807) is 11.3 Å². The zero-order valence-electron chi connectivity index (χ0n) is 10.6. The lowest BCUT2D eigenvalue weighted by molar-refractivity contribution is -0.680. The highest BCUT2D eigenvalue weighted by atomic mass is 32.1. The highest BCUT2D eigenvalue weighted by Crippen LogP contribution is 2.24. The number of hydrogen-bond donors (Lipinski definition) is 2. The van der Waals surface area contributed by atoms with Crippen molar-refractivity contribution in [3.05, 3.63) is 47.3 Å². The van der Waals surface area contributed by atoms with Gasteiger partial charge in [0.1, 0.15) is 13.1 Å². The molecule has 20 heavy (non-hydrogen) atoms. The summed E-state index contributed by atoms with van der Waals surface area (Å²) in [6, 6.07) is 11.7. The molecule has 0 saturated heterocycles. The van der Waals surface area contributed by atoms with Gasteiger partial charge in [-0.25, -0.2) is 0 Å². The van der Waals surface area contributed by atoms with Crippen LogP contribution in [0.3, 0.4) is 0 Å². The summed E-state index contributed by atoms with van der Waals surface area (Å²) in [5, 5.41) is 12.3. The second-order valence-electron chi connectivity index (χ2n) is 4.46. The standard InChI is InChI=1S/C14H14F3NOS/c15-14(16,17)13(19)9-18-8-10-3-5-11(6-4-10)12-2-1-7-20-12/h1-7,13,18-19H,8-9H2/p+1/t13-/m1/s1. The van der Waals surface area contributed by atoms with E-state index in [1.165, 1.54) is 5.32 Å². The first-order valence-electron chi connectivity index (χ1n) is 6.16. The molecule has 0 unspecified atom stereocenters. The van der Waals surface area contributed by atoms with Crippen molar-refractivity contribution in [2.45, 2.75) is 18.8 Å². The molecule has 108 valence electrons. The molecular formula is C14H15F3NOS+. The first kappa shape index (κ1) is 15.0. The zero-order chi connectivity index (χ0) is 14.6. The molecule has 1 aromatic heterocycles. The van der Waals surface area contributed by atoms with E-state index in [0.717, 1.165) is 16.0 Å². The summed E-state index contributed by atoms with van der Waals surface area (Å²) in [6.45, 7) is 0.0358. The van der Waals surface area contributed by atoms with E-state index >= 15 is 0 Å². The Labute approximate surface area is 118 Å². The maximum atomic E-state index is 12.1. The fourth-order valence-electron chi connectivity index (χ4n) is 1.79. The molecule has 2 aromatic rings. The quantitative estimate of drug-likeness (QED) is 0.874. The first-order valence-corrected chi connectivity index (χ1v) is 7.04. The minimum Gasteiger partial charge on any atom is -0.379 e. The largest absolute Gasteiger partial charge is 0.419 e. The number of aliphatic hydroxyl groups is 1. The summed E-state index contributed by atoms with van der Waals surface area (Å²) in [5.74, 6) is 0. The van der Waals surface area contributed by atoms with E-state index in [0.29, 0.717) is 6.54 Å². The Balaban J connectivity index is 1.86. The van der Waals surface area contributed by atoms with Gasteiger partial charge in [0.15, 0.2) is 6.10 Å². The normalized spacial score (nSPS) is 13.4. The lowest BCUT2D eigenvalue weighted by atomic mass is 10.1. The van der Waals surface area contributed by atoms with Crippen LogP contribution in [0.25, 0.3) is 10.4 Å². The van der Waals surface area contributed by atoms with E-state index in [2.05, 4.69) is 0 Å². The fraction of sp³-hybridized carbons (Fsp3) is 0.286. The van der Waals surface area contributed by atoms with Gasteiger partial charge in [-0.2, -0.15) is 13.2 Å². The van der Waals surface area contributed by atoms with Gasteiger partial charge in [-0.05, 0) is 17.0 Å². The molecule has 2 nitrogen and oxygen atoms in total. The van der Waals surface area contributed by atoms with Gasteiger partial charge < -0.3 is 10.4 Å². The number of alkyl halides is 3. The lowest BCUT2D eigenvalue weighted by Crippen LogP contribution is -2.85. The van der Waals surface area contributed by atoms with Crippen molar-refractivity contribution in [2.75, 3.05) is 6.54 Å². The maximum absolute atomic E-state index is 12.1. The van der Waals surface area contributed by atoms with Crippen molar-refractivity contribution < 1.29 is 23.6 Å². The molecule has 1 heterocycles. The van der Waals surface area contributed by atoms with Gasteiger partial charge in [-0.1, -0.05) is 30.3 Å². The first-order chi connectivity index (χ1) is 9.47. The van der Waals surface area contributed by atoms with Gasteiger partial charge >= 0.3 is 6.18 Å². The van der Waals surface area contributed by atoms with Crippen molar-refractivity contribution in [1.82, 2.24) is 0 Å². The SMILES string of the molecule is O[C@H](C[NH2+]Cc1ccc(-c2cccs2)cc1)C(F)(F)F.